The van der Waals surface area contributed by atoms with E-state index in [0.717, 1.165) is 28.3 Å². The highest BCUT2D eigenvalue weighted by Crippen LogP contribution is 2.25. The van der Waals surface area contributed by atoms with Crippen molar-refractivity contribution in [1.82, 2.24) is 0 Å². The molecule has 0 bridgehead atoms. The van der Waals surface area contributed by atoms with E-state index in [1.807, 2.05) is 0 Å². The van der Waals surface area contributed by atoms with Crippen LogP contribution in [-0.4, -0.2) is 31.8 Å². The van der Waals surface area contributed by atoms with Crippen molar-refractivity contribution in [2.24, 2.45) is 0 Å². The van der Waals surface area contributed by atoms with Gasteiger partial charge in [0.05, 0.1) is 11.9 Å². The standard InChI is InChI=1S/C17H17ClFNO4S/c1-11-3-4-13(18)9-12(11)10-16(17(21)22)20(25(2,23)24)15-7-5-14(19)6-8-15/h3-9,16H,10H2,1-2H3,(H,21,22)/t16-/m0/s1. The predicted molar refractivity (Wildman–Crippen MR) is 95.0 cm³/mol. The van der Waals surface area contributed by atoms with Gasteiger partial charge in [-0.15, -0.1) is 0 Å². The van der Waals surface area contributed by atoms with E-state index >= 15 is 0 Å². The fourth-order valence-electron chi connectivity index (χ4n) is 2.53. The number of hydrogen-bond donors (Lipinski definition) is 1. The summed E-state index contributed by atoms with van der Waals surface area (Å²) < 4.78 is 38.4. The summed E-state index contributed by atoms with van der Waals surface area (Å²) >= 11 is 5.96. The Morgan fingerprint density at radius 3 is 2.36 bits per heavy atom. The Balaban J connectivity index is 2.52. The third-order valence-corrected chi connectivity index (χ3v) is 5.15. The van der Waals surface area contributed by atoms with Gasteiger partial charge in [-0.25, -0.2) is 17.6 Å². The summed E-state index contributed by atoms with van der Waals surface area (Å²) in [5.41, 5.74) is 1.50. The van der Waals surface area contributed by atoms with E-state index < -0.39 is 27.9 Å². The number of carboxylic acid groups (broad SMARTS) is 1. The first-order valence-corrected chi connectivity index (χ1v) is 9.55. The Bertz CT molecular complexity index is 884. The number of hydrogen-bond acceptors (Lipinski definition) is 3. The predicted octanol–water partition coefficient (Wildman–Crippen LogP) is 3.25. The van der Waals surface area contributed by atoms with Crippen LogP contribution in [0, 0.1) is 12.7 Å². The molecule has 0 spiro atoms. The molecule has 1 N–H and O–H groups in total. The van der Waals surface area contributed by atoms with E-state index in [4.69, 9.17) is 11.6 Å². The summed E-state index contributed by atoms with van der Waals surface area (Å²) in [6, 6.07) is 8.25. The first kappa shape index (κ1) is 19.2. The van der Waals surface area contributed by atoms with E-state index in [1.54, 1.807) is 25.1 Å². The number of halogens is 2. The Kier molecular flexibility index (Phi) is 5.69. The third kappa shape index (κ3) is 4.70. The van der Waals surface area contributed by atoms with E-state index in [9.17, 15) is 22.7 Å². The van der Waals surface area contributed by atoms with Crippen LogP contribution >= 0.6 is 11.6 Å². The number of anilines is 1. The number of carboxylic acids is 1. The lowest BCUT2D eigenvalue weighted by Crippen LogP contribution is -2.46. The van der Waals surface area contributed by atoms with Gasteiger partial charge in [0.15, 0.2) is 0 Å². The van der Waals surface area contributed by atoms with Gasteiger partial charge in [0, 0.05) is 11.4 Å². The molecule has 2 rings (SSSR count). The molecule has 0 saturated heterocycles. The lowest BCUT2D eigenvalue weighted by molar-refractivity contribution is -0.138. The summed E-state index contributed by atoms with van der Waals surface area (Å²) in [5.74, 6) is -1.86. The molecule has 25 heavy (non-hydrogen) atoms. The Hall–Kier alpha value is -2.12. The number of aryl methyl sites for hydroxylation is 1. The van der Waals surface area contributed by atoms with Gasteiger partial charge in [0.2, 0.25) is 10.0 Å². The highest BCUT2D eigenvalue weighted by atomic mass is 35.5. The second kappa shape index (κ2) is 7.41. The molecule has 0 saturated carbocycles. The second-order valence-corrected chi connectivity index (χ2v) is 7.96. The summed E-state index contributed by atoms with van der Waals surface area (Å²) in [6.45, 7) is 1.78. The van der Waals surface area contributed by atoms with Crippen molar-refractivity contribution in [3.63, 3.8) is 0 Å². The number of aliphatic carboxylic acids is 1. The van der Waals surface area contributed by atoms with Crippen molar-refractivity contribution >= 4 is 33.3 Å². The Morgan fingerprint density at radius 1 is 1.24 bits per heavy atom. The van der Waals surface area contributed by atoms with Gasteiger partial charge >= 0.3 is 5.97 Å². The highest BCUT2D eigenvalue weighted by molar-refractivity contribution is 7.92. The van der Waals surface area contributed by atoms with E-state index in [-0.39, 0.29) is 12.1 Å². The third-order valence-electron chi connectivity index (χ3n) is 3.73. The van der Waals surface area contributed by atoms with Crippen LogP contribution in [0.4, 0.5) is 10.1 Å². The molecule has 0 aliphatic carbocycles. The molecule has 8 heteroatoms. The molecular weight excluding hydrogens is 369 g/mol. The zero-order valence-electron chi connectivity index (χ0n) is 13.6. The van der Waals surface area contributed by atoms with E-state index in [0.29, 0.717) is 10.6 Å². The second-order valence-electron chi connectivity index (χ2n) is 5.66. The molecule has 0 radical (unpaired) electrons. The van der Waals surface area contributed by atoms with Crippen LogP contribution in [0.3, 0.4) is 0 Å². The normalized spacial score (nSPS) is 12.6. The zero-order valence-corrected chi connectivity index (χ0v) is 15.2. The van der Waals surface area contributed by atoms with Gasteiger partial charge in [-0.1, -0.05) is 17.7 Å². The first-order valence-electron chi connectivity index (χ1n) is 7.32. The summed E-state index contributed by atoms with van der Waals surface area (Å²) in [5, 5.41) is 10.1. The lowest BCUT2D eigenvalue weighted by Gasteiger charge is -2.29. The van der Waals surface area contributed by atoms with Gasteiger partial charge < -0.3 is 5.11 Å². The zero-order chi connectivity index (χ0) is 18.8. The molecule has 0 unspecified atom stereocenters. The molecule has 1 atom stereocenters. The Labute approximate surface area is 150 Å². The maximum Gasteiger partial charge on any atom is 0.327 e. The minimum Gasteiger partial charge on any atom is -0.480 e. The summed E-state index contributed by atoms with van der Waals surface area (Å²) in [7, 11) is -3.92. The van der Waals surface area contributed by atoms with Crippen molar-refractivity contribution in [2.75, 3.05) is 10.6 Å². The van der Waals surface area contributed by atoms with Crippen LogP contribution in [-0.2, 0) is 21.2 Å². The van der Waals surface area contributed by atoms with E-state index in [2.05, 4.69) is 0 Å². The monoisotopic (exact) mass is 385 g/mol. The molecule has 2 aromatic rings. The van der Waals surface area contributed by atoms with Crippen molar-refractivity contribution < 1.29 is 22.7 Å². The van der Waals surface area contributed by atoms with Crippen LogP contribution in [0.5, 0.6) is 0 Å². The van der Waals surface area contributed by atoms with Gasteiger partial charge in [-0.05, 0) is 54.4 Å². The number of rotatable bonds is 6. The van der Waals surface area contributed by atoms with Gasteiger partial charge in [-0.2, -0.15) is 0 Å². The van der Waals surface area contributed by atoms with Crippen LogP contribution in [0.1, 0.15) is 11.1 Å². The Morgan fingerprint density at radius 2 is 1.84 bits per heavy atom. The van der Waals surface area contributed by atoms with Crippen LogP contribution < -0.4 is 4.31 Å². The van der Waals surface area contributed by atoms with E-state index in [1.165, 1.54) is 12.1 Å². The maximum atomic E-state index is 13.2. The molecule has 0 aliphatic heterocycles. The topological polar surface area (TPSA) is 74.7 Å². The first-order chi connectivity index (χ1) is 11.6. The number of nitrogens with zero attached hydrogens (tertiary/aromatic N) is 1. The SMILES string of the molecule is Cc1ccc(Cl)cc1C[C@@H](C(=O)O)N(c1ccc(F)cc1)S(C)(=O)=O. The van der Waals surface area contributed by atoms with Crippen LogP contribution in [0.25, 0.3) is 0 Å². The average molecular weight is 386 g/mol. The molecule has 0 fully saturated rings. The molecule has 134 valence electrons. The van der Waals surface area contributed by atoms with Gasteiger partial charge in [-0.3, -0.25) is 4.31 Å². The quantitative estimate of drug-likeness (QED) is 0.828. The van der Waals surface area contributed by atoms with Gasteiger partial charge in [0.25, 0.3) is 0 Å². The smallest absolute Gasteiger partial charge is 0.327 e. The molecule has 0 aromatic heterocycles. The molecule has 0 heterocycles. The van der Waals surface area contributed by atoms with Crippen LogP contribution in [0.15, 0.2) is 42.5 Å². The molecule has 0 aliphatic rings. The largest absolute Gasteiger partial charge is 0.480 e. The fraction of sp³-hybridized carbons (Fsp3) is 0.235. The van der Waals surface area contributed by atoms with Gasteiger partial charge in [0.1, 0.15) is 11.9 Å². The molecule has 5 nitrogen and oxygen atoms in total. The lowest BCUT2D eigenvalue weighted by atomic mass is 10.0. The van der Waals surface area contributed by atoms with Crippen LogP contribution in [0.2, 0.25) is 5.02 Å². The van der Waals surface area contributed by atoms with Crippen molar-refractivity contribution in [1.29, 1.82) is 0 Å². The minimum absolute atomic E-state index is 0.0772. The van der Waals surface area contributed by atoms with Crippen molar-refractivity contribution in [2.45, 2.75) is 19.4 Å². The number of carbonyl (C=O) groups is 1. The summed E-state index contributed by atoms with van der Waals surface area (Å²) in [6.07, 6.45) is 0.837. The molecule has 2 aromatic carbocycles. The maximum absolute atomic E-state index is 13.2. The number of sulfonamides is 1. The fourth-order valence-corrected chi connectivity index (χ4v) is 3.86. The molecular formula is C17H17ClFNO4S. The number of benzene rings is 2. The summed E-state index contributed by atoms with van der Waals surface area (Å²) in [4.78, 5) is 11.8. The average Bonchev–Trinajstić information content (AvgIpc) is 2.50. The highest BCUT2D eigenvalue weighted by Gasteiger charge is 2.33. The van der Waals surface area contributed by atoms with Crippen molar-refractivity contribution in [3.05, 3.63) is 64.4 Å². The minimum atomic E-state index is -3.92. The molecule has 0 amide bonds. The van der Waals surface area contributed by atoms with Crippen molar-refractivity contribution in [3.8, 4) is 0 Å².